The average Bonchev–Trinajstić information content (AvgIpc) is 2.92. The molecule has 2 N–H and O–H groups in total. The number of Topliss-reactive ketones (excluding diaryl/α,β-unsaturated/α-hetero) is 1. The molecule has 1 saturated carbocycles. The van der Waals surface area contributed by atoms with Crippen molar-refractivity contribution < 1.29 is 24.2 Å². The normalized spacial score (nSPS) is 20.3. The van der Waals surface area contributed by atoms with Crippen LogP contribution in [0.25, 0.3) is 0 Å². The van der Waals surface area contributed by atoms with Gasteiger partial charge in [0.05, 0.1) is 12.0 Å². The molecule has 2 fully saturated rings. The third-order valence-corrected chi connectivity index (χ3v) is 7.65. The first kappa shape index (κ1) is 26.7. The van der Waals surface area contributed by atoms with Crippen LogP contribution in [0.4, 0.5) is 5.69 Å². The molecule has 7 heteroatoms. The summed E-state index contributed by atoms with van der Waals surface area (Å²) in [5.74, 6) is 0.400. The zero-order valence-corrected chi connectivity index (χ0v) is 21.7. The number of anilines is 1. The Hall–Kier alpha value is -3.35. The fourth-order valence-corrected chi connectivity index (χ4v) is 5.13. The van der Waals surface area contributed by atoms with Crippen molar-refractivity contribution in [1.82, 2.24) is 5.32 Å². The van der Waals surface area contributed by atoms with Crippen molar-refractivity contribution in [2.75, 3.05) is 24.5 Å². The molecule has 0 spiro atoms. The second kappa shape index (κ2) is 12.7. The molecule has 1 aliphatic carbocycles. The van der Waals surface area contributed by atoms with E-state index in [1.165, 1.54) is 12.8 Å². The zero-order valence-electron chi connectivity index (χ0n) is 21.7. The Morgan fingerprint density at radius 3 is 2.14 bits per heavy atom. The third kappa shape index (κ3) is 7.57. The van der Waals surface area contributed by atoms with Gasteiger partial charge in [-0.15, -0.1) is 0 Å². The number of benzene rings is 2. The first-order valence-corrected chi connectivity index (χ1v) is 13.5. The fourth-order valence-electron chi connectivity index (χ4n) is 5.13. The monoisotopic (exact) mass is 506 g/mol. The Balaban J connectivity index is 1.15. The van der Waals surface area contributed by atoms with Gasteiger partial charge >= 0.3 is 5.97 Å². The van der Waals surface area contributed by atoms with E-state index in [4.69, 9.17) is 9.84 Å². The second-order valence-electron chi connectivity index (χ2n) is 10.5. The smallest absolute Gasteiger partial charge is 0.306 e. The summed E-state index contributed by atoms with van der Waals surface area (Å²) in [5.41, 5.74) is 2.42. The van der Waals surface area contributed by atoms with Gasteiger partial charge in [-0.1, -0.05) is 6.92 Å². The van der Waals surface area contributed by atoms with E-state index in [1.807, 2.05) is 24.3 Å². The molecule has 1 amide bonds. The van der Waals surface area contributed by atoms with Crippen molar-refractivity contribution in [1.29, 1.82) is 0 Å². The van der Waals surface area contributed by atoms with Crippen molar-refractivity contribution in [2.45, 2.75) is 64.4 Å². The number of carboxylic acid groups (broad SMARTS) is 1. The Labute approximate surface area is 219 Å². The summed E-state index contributed by atoms with van der Waals surface area (Å²) in [7, 11) is 0. The molecule has 2 aromatic rings. The predicted molar refractivity (Wildman–Crippen MR) is 143 cm³/mol. The van der Waals surface area contributed by atoms with E-state index in [1.54, 1.807) is 24.3 Å². The van der Waals surface area contributed by atoms with Crippen LogP contribution in [0.5, 0.6) is 5.75 Å². The molecule has 198 valence electrons. The van der Waals surface area contributed by atoms with Crippen molar-refractivity contribution in [2.24, 2.45) is 11.8 Å². The molecule has 37 heavy (non-hydrogen) atoms. The Morgan fingerprint density at radius 1 is 0.892 bits per heavy atom. The van der Waals surface area contributed by atoms with Gasteiger partial charge in [0.25, 0.3) is 5.91 Å². The van der Waals surface area contributed by atoms with Crippen molar-refractivity contribution in [3.05, 3.63) is 59.7 Å². The number of carbonyl (C=O) groups excluding carboxylic acids is 2. The Morgan fingerprint density at radius 2 is 1.51 bits per heavy atom. The van der Waals surface area contributed by atoms with Gasteiger partial charge in [0, 0.05) is 42.9 Å². The number of ketones is 1. The van der Waals surface area contributed by atoms with Crippen LogP contribution in [0, 0.1) is 11.8 Å². The maximum Gasteiger partial charge on any atom is 0.306 e. The highest BCUT2D eigenvalue weighted by Crippen LogP contribution is 2.28. The SMILES string of the molecule is CC1CCN(c2ccc(C(=O)NCCCC(=O)c3ccc(OC4CCC(C(=O)O)CC4)cc3)cc2)CC1. The maximum absolute atomic E-state index is 12.6. The van der Waals surface area contributed by atoms with Crippen molar-refractivity contribution in [3.63, 3.8) is 0 Å². The second-order valence-corrected chi connectivity index (χ2v) is 10.5. The highest BCUT2D eigenvalue weighted by atomic mass is 16.5. The number of carboxylic acids is 1. The van der Waals surface area contributed by atoms with Crippen LogP contribution < -0.4 is 15.0 Å². The van der Waals surface area contributed by atoms with E-state index in [0.29, 0.717) is 49.1 Å². The number of carbonyl (C=O) groups is 3. The molecule has 7 nitrogen and oxygen atoms in total. The van der Waals surface area contributed by atoms with E-state index in [2.05, 4.69) is 17.1 Å². The van der Waals surface area contributed by atoms with Crippen LogP contribution >= 0.6 is 0 Å². The van der Waals surface area contributed by atoms with Crippen LogP contribution in [-0.2, 0) is 4.79 Å². The van der Waals surface area contributed by atoms with E-state index in [9.17, 15) is 14.4 Å². The first-order chi connectivity index (χ1) is 17.9. The molecular weight excluding hydrogens is 468 g/mol. The molecule has 0 aromatic heterocycles. The van der Waals surface area contributed by atoms with Gasteiger partial charge in [-0.25, -0.2) is 0 Å². The molecule has 0 radical (unpaired) electrons. The summed E-state index contributed by atoms with van der Waals surface area (Å²) < 4.78 is 5.98. The first-order valence-electron chi connectivity index (χ1n) is 13.5. The van der Waals surface area contributed by atoms with Gasteiger partial charge < -0.3 is 20.1 Å². The number of nitrogens with one attached hydrogen (secondary N) is 1. The largest absolute Gasteiger partial charge is 0.490 e. The summed E-state index contributed by atoms with van der Waals surface area (Å²) >= 11 is 0. The summed E-state index contributed by atoms with van der Waals surface area (Å²) in [4.78, 5) is 38.5. The summed E-state index contributed by atoms with van der Waals surface area (Å²) in [6, 6.07) is 14.9. The highest BCUT2D eigenvalue weighted by Gasteiger charge is 2.27. The molecule has 0 bridgehead atoms. The average molecular weight is 507 g/mol. The lowest BCUT2D eigenvalue weighted by molar-refractivity contribution is -0.143. The number of rotatable bonds is 10. The Kier molecular flexibility index (Phi) is 9.20. The quantitative estimate of drug-likeness (QED) is 0.334. The molecule has 0 atom stereocenters. The minimum absolute atomic E-state index is 0.0190. The lowest BCUT2D eigenvalue weighted by Crippen LogP contribution is -2.32. The topological polar surface area (TPSA) is 95.9 Å². The van der Waals surface area contributed by atoms with Gasteiger partial charge in [0.1, 0.15) is 5.75 Å². The third-order valence-electron chi connectivity index (χ3n) is 7.65. The van der Waals surface area contributed by atoms with Crippen molar-refractivity contribution in [3.8, 4) is 5.75 Å². The molecular formula is C30H38N2O5. The molecule has 2 aromatic carbocycles. The van der Waals surface area contributed by atoms with Crippen LogP contribution in [0.3, 0.4) is 0 Å². The van der Waals surface area contributed by atoms with Gasteiger partial charge in [0.2, 0.25) is 0 Å². The number of aliphatic carboxylic acids is 1. The van der Waals surface area contributed by atoms with Crippen LogP contribution in [0.15, 0.2) is 48.5 Å². The van der Waals surface area contributed by atoms with E-state index in [0.717, 1.165) is 37.5 Å². The number of nitrogens with zero attached hydrogens (tertiary/aromatic N) is 1. The predicted octanol–water partition coefficient (Wildman–Crippen LogP) is 5.34. The molecule has 4 rings (SSSR count). The van der Waals surface area contributed by atoms with E-state index in [-0.39, 0.29) is 23.7 Å². The summed E-state index contributed by atoms with van der Waals surface area (Å²) in [6.45, 7) is 4.86. The number of hydrogen-bond donors (Lipinski definition) is 2. The number of amides is 1. The lowest BCUT2D eigenvalue weighted by Gasteiger charge is -2.32. The van der Waals surface area contributed by atoms with E-state index < -0.39 is 5.97 Å². The highest BCUT2D eigenvalue weighted by molar-refractivity contribution is 5.96. The molecule has 2 aliphatic rings. The summed E-state index contributed by atoms with van der Waals surface area (Å²) in [6.07, 6.45) is 6.08. The summed E-state index contributed by atoms with van der Waals surface area (Å²) in [5, 5.41) is 12.0. The number of ether oxygens (including phenoxy) is 1. The van der Waals surface area contributed by atoms with Crippen LogP contribution in [0.1, 0.15) is 79.0 Å². The van der Waals surface area contributed by atoms with Gasteiger partial charge in [-0.3, -0.25) is 14.4 Å². The van der Waals surface area contributed by atoms with E-state index >= 15 is 0 Å². The molecule has 1 saturated heterocycles. The van der Waals surface area contributed by atoms with Gasteiger partial charge in [-0.2, -0.15) is 0 Å². The maximum atomic E-state index is 12.6. The fraction of sp³-hybridized carbons (Fsp3) is 0.500. The lowest BCUT2D eigenvalue weighted by atomic mass is 9.87. The number of hydrogen-bond acceptors (Lipinski definition) is 5. The standard InChI is InChI=1S/C30H38N2O5/c1-21-16-19-32(20-17-21)25-10-4-23(5-11-25)29(34)31-18-2-3-28(33)22-6-12-26(13-7-22)37-27-14-8-24(9-15-27)30(35)36/h4-7,10-13,21,24,27H,2-3,8-9,14-20H2,1H3,(H,31,34)(H,35,36). The molecule has 0 unspecified atom stereocenters. The minimum Gasteiger partial charge on any atom is -0.490 e. The zero-order chi connectivity index (χ0) is 26.2. The van der Waals surface area contributed by atoms with Crippen LogP contribution in [-0.4, -0.2) is 48.5 Å². The minimum atomic E-state index is -0.725. The number of piperidine rings is 1. The Bertz CT molecular complexity index is 1050. The van der Waals surface area contributed by atoms with Gasteiger partial charge in [0.15, 0.2) is 5.78 Å². The molecule has 1 aliphatic heterocycles. The van der Waals surface area contributed by atoms with Gasteiger partial charge in [-0.05, 0) is 99.4 Å². The molecule has 1 heterocycles. The van der Waals surface area contributed by atoms with Crippen LogP contribution in [0.2, 0.25) is 0 Å². The van der Waals surface area contributed by atoms with Crippen molar-refractivity contribution >= 4 is 23.3 Å².